The summed E-state index contributed by atoms with van der Waals surface area (Å²) < 4.78 is 7.94. The Morgan fingerprint density at radius 3 is 2.51 bits per heavy atom. The number of nitrogens with zero attached hydrogens (tertiary/aromatic N) is 6. The van der Waals surface area contributed by atoms with E-state index in [9.17, 15) is 9.59 Å². The molecule has 1 aliphatic rings. The van der Waals surface area contributed by atoms with Gasteiger partial charge in [-0.15, -0.1) is 5.10 Å². The zero-order chi connectivity index (χ0) is 29.4. The van der Waals surface area contributed by atoms with Gasteiger partial charge in [0.25, 0.3) is 12.0 Å². The van der Waals surface area contributed by atoms with Crippen LogP contribution in [0.2, 0.25) is 5.02 Å². The largest absolute Gasteiger partial charge is 0.483 e. The van der Waals surface area contributed by atoms with Gasteiger partial charge in [-0.2, -0.15) is 4.68 Å². The summed E-state index contributed by atoms with van der Waals surface area (Å²) in [5, 5.41) is 18.8. The average Bonchev–Trinajstić information content (AvgIpc) is 3.65. The molecule has 0 saturated heterocycles. The van der Waals surface area contributed by atoms with Gasteiger partial charge in [-0.05, 0) is 63.4 Å². The van der Waals surface area contributed by atoms with Crippen LogP contribution in [-0.2, 0) is 27.3 Å². The fourth-order valence-electron chi connectivity index (χ4n) is 4.53. The number of ether oxygens (including phenoxy) is 1. The van der Waals surface area contributed by atoms with Crippen LogP contribution in [0, 0.1) is 0 Å². The molecule has 0 radical (unpaired) electrons. The molecule has 0 aliphatic carbocycles. The van der Waals surface area contributed by atoms with E-state index < -0.39 is 0 Å². The van der Waals surface area contributed by atoms with Crippen LogP contribution in [0.15, 0.2) is 82.6 Å². The Labute approximate surface area is 240 Å². The van der Waals surface area contributed by atoms with Crippen molar-refractivity contribution in [2.24, 2.45) is 4.99 Å². The third-order valence-corrected chi connectivity index (χ3v) is 6.69. The molecule has 0 atom stereocenters. The molecule has 1 aliphatic heterocycles. The summed E-state index contributed by atoms with van der Waals surface area (Å²) in [4.78, 5) is 37.9. The molecule has 0 amide bonds. The molecule has 0 bridgehead atoms. The van der Waals surface area contributed by atoms with E-state index in [1.54, 1.807) is 29.0 Å². The Morgan fingerprint density at radius 2 is 1.88 bits per heavy atom. The first-order valence-electron chi connectivity index (χ1n) is 12.6. The SMILES string of the molecule is CCC1=C(c2ccc(CC(=O)OC)cc2)CC(Cn2ccc(-c3cc(Cl)ccc3-n3cnnn3)cc2=O)=N1.O=CO. The van der Waals surface area contributed by atoms with Crippen molar-refractivity contribution in [3.63, 3.8) is 0 Å². The van der Waals surface area contributed by atoms with Crippen LogP contribution in [0.3, 0.4) is 0 Å². The average molecular weight is 575 g/mol. The summed E-state index contributed by atoms with van der Waals surface area (Å²) in [6.07, 6.45) is 4.95. The maximum atomic E-state index is 13.1. The maximum absolute atomic E-state index is 13.1. The van der Waals surface area contributed by atoms with Crippen molar-refractivity contribution in [1.82, 2.24) is 24.8 Å². The minimum atomic E-state index is -0.267. The first kappa shape index (κ1) is 29.1. The smallest absolute Gasteiger partial charge is 0.309 e. The van der Waals surface area contributed by atoms with E-state index >= 15 is 0 Å². The molecule has 3 heterocycles. The number of carboxylic acid groups (broad SMARTS) is 1. The quantitative estimate of drug-likeness (QED) is 0.243. The number of hydrogen-bond donors (Lipinski definition) is 1. The second-order valence-electron chi connectivity index (χ2n) is 8.99. The Balaban J connectivity index is 0.00000124. The third kappa shape index (κ3) is 7.00. The molecular formula is C29H27ClN6O5. The number of aromatic nitrogens is 5. The fourth-order valence-corrected chi connectivity index (χ4v) is 4.70. The normalized spacial score (nSPS) is 12.4. The highest BCUT2D eigenvalue weighted by Gasteiger charge is 2.20. The van der Waals surface area contributed by atoms with Gasteiger partial charge in [0.1, 0.15) is 6.33 Å². The molecule has 0 unspecified atom stereocenters. The van der Waals surface area contributed by atoms with E-state index in [4.69, 9.17) is 31.2 Å². The van der Waals surface area contributed by atoms with Gasteiger partial charge in [0.05, 0.1) is 25.8 Å². The summed E-state index contributed by atoms with van der Waals surface area (Å²) in [7, 11) is 1.39. The Morgan fingerprint density at radius 1 is 1.12 bits per heavy atom. The van der Waals surface area contributed by atoms with E-state index in [2.05, 4.69) is 22.4 Å². The van der Waals surface area contributed by atoms with Crippen LogP contribution in [0.1, 0.15) is 30.9 Å². The number of rotatable bonds is 8. The minimum Gasteiger partial charge on any atom is -0.483 e. The van der Waals surface area contributed by atoms with Crippen LogP contribution in [-0.4, -0.2) is 55.1 Å². The summed E-state index contributed by atoms with van der Waals surface area (Å²) >= 11 is 6.26. The van der Waals surface area contributed by atoms with Crippen molar-refractivity contribution in [2.45, 2.75) is 32.7 Å². The number of carbonyl (C=O) groups is 2. The molecule has 5 rings (SSSR count). The molecule has 0 spiro atoms. The third-order valence-electron chi connectivity index (χ3n) is 6.45. The number of allylic oxidation sites excluding steroid dienone is 2. The highest BCUT2D eigenvalue weighted by Crippen LogP contribution is 2.32. The lowest BCUT2D eigenvalue weighted by atomic mass is 9.98. The number of hydrogen-bond acceptors (Lipinski definition) is 8. The molecule has 41 heavy (non-hydrogen) atoms. The Kier molecular flexibility index (Phi) is 9.54. The van der Waals surface area contributed by atoms with Gasteiger partial charge in [-0.25, -0.2) is 0 Å². The highest BCUT2D eigenvalue weighted by atomic mass is 35.5. The van der Waals surface area contributed by atoms with Gasteiger partial charge >= 0.3 is 5.97 Å². The van der Waals surface area contributed by atoms with Crippen LogP contribution >= 0.6 is 11.6 Å². The number of benzene rings is 2. The molecule has 4 aromatic rings. The fraction of sp³-hybridized carbons (Fsp3) is 0.207. The van der Waals surface area contributed by atoms with E-state index in [0.29, 0.717) is 23.6 Å². The second kappa shape index (κ2) is 13.4. The number of halogens is 1. The van der Waals surface area contributed by atoms with Gasteiger partial charge in [-0.1, -0.05) is 42.8 Å². The van der Waals surface area contributed by atoms with Crippen LogP contribution in [0.4, 0.5) is 0 Å². The van der Waals surface area contributed by atoms with Gasteiger partial charge in [0, 0.05) is 40.7 Å². The van der Waals surface area contributed by atoms with Crippen molar-refractivity contribution >= 4 is 35.3 Å². The standard InChI is InChI=1S/C28H25ClN6O3.CH2O2/c1-3-25-23(19-6-4-18(5-7-19)12-28(37)38-2)15-22(31-25)16-34-11-10-20(13-27(34)36)24-14-21(29)8-9-26(24)35-17-30-32-33-35;2-1-3/h4-11,13-14,17H,3,12,15-16H2,1-2H3;1H,(H,2,3). The maximum Gasteiger partial charge on any atom is 0.309 e. The monoisotopic (exact) mass is 574 g/mol. The lowest BCUT2D eigenvalue weighted by Gasteiger charge is -2.11. The van der Waals surface area contributed by atoms with E-state index in [1.165, 1.54) is 18.1 Å². The predicted octanol–water partition coefficient (Wildman–Crippen LogP) is 4.23. The van der Waals surface area contributed by atoms with Crippen molar-refractivity contribution in [3.05, 3.63) is 99.3 Å². The van der Waals surface area contributed by atoms with Crippen molar-refractivity contribution < 1.29 is 19.4 Å². The molecule has 12 heteroatoms. The summed E-state index contributed by atoms with van der Waals surface area (Å²) in [5.74, 6) is -0.267. The number of pyridine rings is 1. The summed E-state index contributed by atoms with van der Waals surface area (Å²) in [5.41, 5.74) is 7.07. The van der Waals surface area contributed by atoms with Crippen molar-refractivity contribution in [1.29, 1.82) is 0 Å². The first-order valence-corrected chi connectivity index (χ1v) is 13.0. The van der Waals surface area contributed by atoms with E-state index in [0.717, 1.165) is 45.8 Å². The highest BCUT2D eigenvalue weighted by molar-refractivity contribution is 6.31. The molecule has 2 aromatic carbocycles. The van der Waals surface area contributed by atoms with Gasteiger partial charge in [0.2, 0.25) is 0 Å². The molecule has 210 valence electrons. The van der Waals surface area contributed by atoms with E-state index in [-0.39, 0.29) is 24.4 Å². The Bertz CT molecular complexity index is 1660. The predicted molar refractivity (Wildman–Crippen MR) is 154 cm³/mol. The molecule has 11 nitrogen and oxygen atoms in total. The van der Waals surface area contributed by atoms with Crippen LogP contribution in [0.25, 0.3) is 22.4 Å². The zero-order valence-electron chi connectivity index (χ0n) is 22.4. The van der Waals surface area contributed by atoms with E-state index in [1.807, 2.05) is 36.4 Å². The zero-order valence-corrected chi connectivity index (χ0v) is 23.2. The second-order valence-corrected chi connectivity index (χ2v) is 9.42. The lowest BCUT2D eigenvalue weighted by Crippen LogP contribution is -2.22. The number of esters is 1. The minimum absolute atomic E-state index is 0.147. The number of tetrazole rings is 1. The number of aliphatic imine (C=N–C) groups is 1. The van der Waals surface area contributed by atoms with Gasteiger partial charge in [-0.3, -0.25) is 19.4 Å². The molecule has 0 fully saturated rings. The van der Waals surface area contributed by atoms with Crippen molar-refractivity contribution in [2.75, 3.05) is 7.11 Å². The van der Waals surface area contributed by atoms with Crippen LogP contribution < -0.4 is 5.56 Å². The lowest BCUT2D eigenvalue weighted by molar-refractivity contribution is -0.139. The molecule has 2 aromatic heterocycles. The van der Waals surface area contributed by atoms with Gasteiger partial charge in [0.15, 0.2) is 0 Å². The van der Waals surface area contributed by atoms with Gasteiger partial charge < -0.3 is 14.4 Å². The molecule has 0 saturated carbocycles. The number of carbonyl (C=O) groups excluding carboxylic acids is 1. The topological polar surface area (TPSA) is 142 Å². The first-order chi connectivity index (χ1) is 19.9. The number of methoxy groups -OCH3 is 1. The summed E-state index contributed by atoms with van der Waals surface area (Å²) in [6, 6.07) is 16.7. The molecule has 1 N–H and O–H groups in total. The van der Waals surface area contributed by atoms with Crippen LogP contribution in [0.5, 0.6) is 0 Å². The van der Waals surface area contributed by atoms with Crippen molar-refractivity contribution in [3.8, 4) is 16.8 Å². The summed E-state index contributed by atoms with van der Waals surface area (Å²) in [6.45, 7) is 2.21. The molecular weight excluding hydrogens is 548 g/mol. The Hall–Kier alpha value is -4.90.